The van der Waals surface area contributed by atoms with Crippen LogP contribution in [0.2, 0.25) is 0 Å². The summed E-state index contributed by atoms with van der Waals surface area (Å²) in [5.74, 6) is 0. The molecule has 1 atom stereocenters. The molecule has 0 aliphatic heterocycles. The molecule has 0 saturated heterocycles. The Morgan fingerprint density at radius 3 is 2.73 bits per heavy atom. The maximum absolute atomic E-state index is 4.31. The highest BCUT2D eigenvalue weighted by molar-refractivity contribution is 4.97. The van der Waals surface area contributed by atoms with Crippen LogP contribution >= 0.6 is 0 Å². The van der Waals surface area contributed by atoms with Gasteiger partial charge in [-0.3, -0.25) is 9.97 Å². The van der Waals surface area contributed by atoms with Crippen molar-refractivity contribution in [2.24, 2.45) is 0 Å². The maximum atomic E-state index is 4.31. The Bertz CT molecular complexity index is 248. The lowest BCUT2D eigenvalue weighted by Gasteiger charge is -2.16. The predicted molar refractivity (Wildman–Crippen MR) is 62.7 cm³/mol. The fourth-order valence-corrected chi connectivity index (χ4v) is 1.66. The van der Waals surface area contributed by atoms with Crippen molar-refractivity contribution in [3.05, 3.63) is 24.3 Å². The summed E-state index contributed by atoms with van der Waals surface area (Å²) in [6.45, 7) is 5.50. The molecule has 1 unspecified atom stereocenters. The summed E-state index contributed by atoms with van der Waals surface area (Å²) in [5.41, 5.74) is 1.08. The third kappa shape index (κ3) is 4.88. The van der Waals surface area contributed by atoms with Crippen molar-refractivity contribution in [3.8, 4) is 0 Å². The fourth-order valence-electron chi connectivity index (χ4n) is 1.66. The highest BCUT2D eigenvalue weighted by Crippen LogP contribution is 2.04. The molecule has 0 aromatic carbocycles. The maximum Gasteiger partial charge on any atom is 0.0602 e. The SMILES string of the molecule is CCCNC(CCC)Cc1cnccn1. The van der Waals surface area contributed by atoms with Crippen molar-refractivity contribution in [2.75, 3.05) is 6.54 Å². The highest BCUT2D eigenvalue weighted by atomic mass is 14.9. The molecule has 0 bridgehead atoms. The minimum absolute atomic E-state index is 0.548. The topological polar surface area (TPSA) is 37.8 Å². The Kier molecular flexibility index (Phi) is 5.93. The minimum Gasteiger partial charge on any atom is -0.314 e. The lowest BCUT2D eigenvalue weighted by atomic mass is 10.1. The summed E-state index contributed by atoms with van der Waals surface area (Å²) < 4.78 is 0. The van der Waals surface area contributed by atoms with E-state index in [0.717, 1.165) is 18.7 Å². The van der Waals surface area contributed by atoms with Crippen LogP contribution < -0.4 is 5.32 Å². The number of rotatable bonds is 7. The minimum atomic E-state index is 0.548. The summed E-state index contributed by atoms with van der Waals surface area (Å²) in [7, 11) is 0. The molecule has 1 aromatic rings. The van der Waals surface area contributed by atoms with E-state index in [2.05, 4.69) is 29.1 Å². The lowest BCUT2D eigenvalue weighted by molar-refractivity contribution is 0.468. The first-order valence-corrected chi connectivity index (χ1v) is 5.85. The monoisotopic (exact) mass is 207 g/mol. The van der Waals surface area contributed by atoms with Crippen molar-refractivity contribution in [3.63, 3.8) is 0 Å². The van der Waals surface area contributed by atoms with Crippen LogP contribution in [0.15, 0.2) is 18.6 Å². The molecule has 15 heavy (non-hydrogen) atoms. The van der Waals surface area contributed by atoms with E-state index >= 15 is 0 Å². The molecule has 0 aliphatic carbocycles. The van der Waals surface area contributed by atoms with Crippen LogP contribution in [0.4, 0.5) is 0 Å². The Morgan fingerprint density at radius 2 is 2.13 bits per heavy atom. The van der Waals surface area contributed by atoms with Crippen LogP contribution in [0.5, 0.6) is 0 Å². The quantitative estimate of drug-likeness (QED) is 0.744. The number of aromatic nitrogens is 2. The average Bonchev–Trinajstić information content (AvgIpc) is 2.28. The van der Waals surface area contributed by atoms with Gasteiger partial charge in [0.05, 0.1) is 5.69 Å². The Balaban J connectivity index is 2.43. The van der Waals surface area contributed by atoms with E-state index in [4.69, 9.17) is 0 Å². The molecule has 0 saturated carbocycles. The van der Waals surface area contributed by atoms with Gasteiger partial charge in [0.2, 0.25) is 0 Å². The molecular formula is C12H21N3. The first-order chi connectivity index (χ1) is 7.36. The molecule has 1 rings (SSSR count). The van der Waals surface area contributed by atoms with Gasteiger partial charge in [-0.15, -0.1) is 0 Å². The van der Waals surface area contributed by atoms with Crippen molar-refractivity contribution < 1.29 is 0 Å². The van der Waals surface area contributed by atoms with Crippen molar-refractivity contribution in [2.45, 2.75) is 45.6 Å². The largest absolute Gasteiger partial charge is 0.314 e. The lowest BCUT2D eigenvalue weighted by Crippen LogP contribution is -2.31. The smallest absolute Gasteiger partial charge is 0.0602 e. The second-order valence-corrected chi connectivity index (χ2v) is 3.84. The van der Waals surface area contributed by atoms with Gasteiger partial charge in [-0.25, -0.2) is 0 Å². The molecular weight excluding hydrogens is 186 g/mol. The molecule has 1 N–H and O–H groups in total. The third-order valence-electron chi connectivity index (χ3n) is 2.39. The van der Waals surface area contributed by atoms with Gasteiger partial charge in [0.25, 0.3) is 0 Å². The van der Waals surface area contributed by atoms with Crippen LogP contribution in [0, 0.1) is 0 Å². The zero-order valence-corrected chi connectivity index (χ0v) is 9.74. The van der Waals surface area contributed by atoms with E-state index in [1.165, 1.54) is 19.3 Å². The standard InChI is InChI=1S/C12H21N3/c1-3-5-11(14-6-4-2)9-12-10-13-7-8-15-12/h7-8,10-11,14H,3-6,9H2,1-2H3. The van der Waals surface area contributed by atoms with E-state index in [0.29, 0.717) is 6.04 Å². The van der Waals surface area contributed by atoms with Gasteiger partial charge in [-0.2, -0.15) is 0 Å². The number of hydrogen-bond acceptors (Lipinski definition) is 3. The highest BCUT2D eigenvalue weighted by Gasteiger charge is 2.08. The van der Waals surface area contributed by atoms with Crippen molar-refractivity contribution in [1.29, 1.82) is 0 Å². The Hall–Kier alpha value is -0.960. The van der Waals surface area contributed by atoms with Crippen molar-refractivity contribution in [1.82, 2.24) is 15.3 Å². The number of nitrogens with zero attached hydrogens (tertiary/aromatic N) is 2. The second kappa shape index (κ2) is 7.35. The molecule has 1 heterocycles. The van der Waals surface area contributed by atoms with E-state index in [-0.39, 0.29) is 0 Å². The van der Waals surface area contributed by atoms with Gasteiger partial charge in [-0.1, -0.05) is 20.3 Å². The van der Waals surface area contributed by atoms with E-state index in [9.17, 15) is 0 Å². The summed E-state index contributed by atoms with van der Waals surface area (Å²) in [5, 5.41) is 3.55. The normalized spacial score (nSPS) is 12.7. The first kappa shape index (κ1) is 12.1. The first-order valence-electron chi connectivity index (χ1n) is 5.85. The molecule has 0 spiro atoms. The summed E-state index contributed by atoms with van der Waals surface area (Å²) in [4.78, 5) is 8.39. The zero-order chi connectivity index (χ0) is 10.9. The Labute approximate surface area is 92.3 Å². The van der Waals surface area contributed by atoms with Crippen molar-refractivity contribution >= 4 is 0 Å². The van der Waals surface area contributed by atoms with Gasteiger partial charge < -0.3 is 5.32 Å². The molecule has 0 aliphatic rings. The van der Waals surface area contributed by atoms with E-state index in [1.807, 2.05) is 6.20 Å². The average molecular weight is 207 g/mol. The van der Waals surface area contributed by atoms with Gasteiger partial charge in [0.1, 0.15) is 0 Å². The van der Waals surface area contributed by atoms with E-state index < -0.39 is 0 Å². The number of nitrogens with one attached hydrogen (secondary N) is 1. The van der Waals surface area contributed by atoms with Crippen LogP contribution in [-0.2, 0) is 6.42 Å². The van der Waals surface area contributed by atoms with E-state index in [1.54, 1.807) is 12.4 Å². The van der Waals surface area contributed by atoms with Gasteiger partial charge in [-0.05, 0) is 19.4 Å². The predicted octanol–water partition coefficient (Wildman–Crippen LogP) is 2.19. The fraction of sp³-hybridized carbons (Fsp3) is 0.667. The molecule has 3 nitrogen and oxygen atoms in total. The third-order valence-corrected chi connectivity index (χ3v) is 2.39. The molecule has 0 fully saturated rings. The van der Waals surface area contributed by atoms with Gasteiger partial charge in [0.15, 0.2) is 0 Å². The summed E-state index contributed by atoms with van der Waals surface area (Å²) in [6, 6.07) is 0.548. The Morgan fingerprint density at radius 1 is 1.27 bits per heavy atom. The van der Waals surface area contributed by atoms with Crippen LogP contribution in [0.1, 0.15) is 38.8 Å². The summed E-state index contributed by atoms with van der Waals surface area (Å²) >= 11 is 0. The van der Waals surface area contributed by atoms with Crippen LogP contribution in [0.3, 0.4) is 0 Å². The number of hydrogen-bond donors (Lipinski definition) is 1. The zero-order valence-electron chi connectivity index (χ0n) is 9.74. The molecule has 1 aromatic heterocycles. The molecule has 3 heteroatoms. The van der Waals surface area contributed by atoms with Crippen LogP contribution in [-0.4, -0.2) is 22.6 Å². The summed E-state index contributed by atoms with van der Waals surface area (Å²) in [6.07, 6.45) is 9.92. The molecule has 0 amide bonds. The van der Waals surface area contributed by atoms with Gasteiger partial charge >= 0.3 is 0 Å². The van der Waals surface area contributed by atoms with Crippen LogP contribution in [0.25, 0.3) is 0 Å². The molecule has 0 radical (unpaired) electrons. The van der Waals surface area contributed by atoms with Gasteiger partial charge in [0, 0.05) is 31.1 Å². The second-order valence-electron chi connectivity index (χ2n) is 3.84. The molecule has 84 valence electrons.